The van der Waals surface area contributed by atoms with E-state index in [4.69, 9.17) is 11.6 Å². The highest BCUT2D eigenvalue weighted by molar-refractivity contribution is 9.10. The first kappa shape index (κ1) is 15.5. The molecule has 0 aliphatic carbocycles. The quantitative estimate of drug-likeness (QED) is 0.446. The van der Waals surface area contributed by atoms with Crippen LogP contribution in [0, 0.1) is 0 Å². The van der Waals surface area contributed by atoms with Gasteiger partial charge in [0, 0.05) is 15.1 Å². The van der Waals surface area contributed by atoms with Gasteiger partial charge in [-0.2, -0.15) is 9.61 Å². The van der Waals surface area contributed by atoms with Crippen molar-refractivity contribution in [3.8, 4) is 11.4 Å². The summed E-state index contributed by atoms with van der Waals surface area (Å²) in [6.07, 6.45) is 3.89. The third-order valence-corrected chi connectivity index (χ3v) is 5.10. The number of fused-ring (bicyclic) bond motifs is 1. The molecule has 2 aromatic heterocycles. The van der Waals surface area contributed by atoms with Crippen LogP contribution in [0.5, 0.6) is 0 Å². The molecule has 4 rings (SSSR count). The molecule has 0 fully saturated rings. The van der Waals surface area contributed by atoms with Crippen molar-refractivity contribution in [2.75, 3.05) is 0 Å². The van der Waals surface area contributed by atoms with Crippen molar-refractivity contribution >= 4 is 56.0 Å². The molecule has 7 heteroatoms. The molecule has 0 aliphatic rings. The lowest BCUT2D eigenvalue weighted by atomic mass is 10.2. The van der Waals surface area contributed by atoms with Gasteiger partial charge in [-0.3, -0.25) is 0 Å². The number of rotatable bonds is 3. The topological polar surface area (TPSA) is 43.1 Å². The molecule has 118 valence electrons. The first-order valence-electron chi connectivity index (χ1n) is 7.11. The molecule has 24 heavy (non-hydrogen) atoms. The molecule has 0 N–H and O–H groups in total. The summed E-state index contributed by atoms with van der Waals surface area (Å²) in [5, 5.41) is 14.6. The van der Waals surface area contributed by atoms with Crippen LogP contribution in [0.4, 0.5) is 0 Å². The van der Waals surface area contributed by atoms with Gasteiger partial charge >= 0.3 is 0 Å². The molecule has 0 amide bonds. The fourth-order valence-electron chi connectivity index (χ4n) is 2.28. The van der Waals surface area contributed by atoms with E-state index in [-0.39, 0.29) is 0 Å². The second-order valence-corrected chi connectivity index (χ2v) is 7.33. The zero-order valence-corrected chi connectivity index (χ0v) is 15.4. The summed E-state index contributed by atoms with van der Waals surface area (Å²) in [6.45, 7) is 0. The molecule has 0 atom stereocenters. The maximum Gasteiger partial charge on any atom is 0.235 e. The van der Waals surface area contributed by atoms with E-state index >= 15 is 0 Å². The molecular formula is C17H10BrClN4S. The Labute approximate surface area is 155 Å². The summed E-state index contributed by atoms with van der Waals surface area (Å²) >= 11 is 11.1. The van der Waals surface area contributed by atoms with Crippen LogP contribution in [0.15, 0.2) is 53.0 Å². The van der Waals surface area contributed by atoms with Gasteiger partial charge in [0.1, 0.15) is 5.01 Å². The van der Waals surface area contributed by atoms with E-state index in [1.165, 1.54) is 11.3 Å². The third kappa shape index (κ3) is 3.00. The molecule has 0 saturated heterocycles. The van der Waals surface area contributed by atoms with Crippen molar-refractivity contribution in [1.82, 2.24) is 19.8 Å². The monoisotopic (exact) mass is 416 g/mol. The second-order valence-electron chi connectivity index (χ2n) is 5.02. The van der Waals surface area contributed by atoms with E-state index < -0.39 is 0 Å². The molecule has 4 aromatic rings. The summed E-state index contributed by atoms with van der Waals surface area (Å²) in [5.74, 6) is 0.722. The Hall–Kier alpha value is -2.02. The van der Waals surface area contributed by atoms with E-state index in [1.54, 1.807) is 4.52 Å². The predicted molar refractivity (Wildman–Crippen MR) is 102 cm³/mol. The van der Waals surface area contributed by atoms with Gasteiger partial charge in [0.2, 0.25) is 4.96 Å². The van der Waals surface area contributed by atoms with Gasteiger partial charge in [-0.05, 0) is 29.8 Å². The normalized spacial score (nSPS) is 11.6. The lowest BCUT2D eigenvalue weighted by Gasteiger charge is -1.97. The average molecular weight is 418 g/mol. The van der Waals surface area contributed by atoms with Crippen molar-refractivity contribution in [3.05, 3.63) is 68.6 Å². The number of aromatic nitrogens is 4. The molecule has 4 nitrogen and oxygen atoms in total. The molecule has 0 bridgehead atoms. The smallest absolute Gasteiger partial charge is 0.182 e. The summed E-state index contributed by atoms with van der Waals surface area (Å²) in [6, 6.07) is 15.6. The summed E-state index contributed by atoms with van der Waals surface area (Å²) < 4.78 is 2.75. The van der Waals surface area contributed by atoms with Crippen molar-refractivity contribution < 1.29 is 0 Å². The fourth-order valence-corrected chi connectivity index (χ4v) is 3.62. The van der Waals surface area contributed by atoms with Crippen LogP contribution >= 0.6 is 38.9 Å². The lowest BCUT2D eigenvalue weighted by Crippen LogP contribution is -1.90. The van der Waals surface area contributed by atoms with Crippen LogP contribution in [0.2, 0.25) is 5.02 Å². The summed E-state index contributed by atoms with van der Waals surface area (Å²) in [7, 11) is 0. The molecule has 0 radical (unpaired) electrons. The zero-order chi connectivity index (χ0) is 16.5. The van der Waals surface area contributed by atoms with Gasteiger partial charge in [-0.1, -0.05) is 75.3 Å². The number of halogens is 2. The molecule has 0 spiro atoms. The van der Waals surface area contributed by atoms with E-state index in [2.05, 4.69) is 31.2 Å². The molecule has 0 aliphatic heterocycles. The minimum absolute atomic E-state index is 0.714. The minimum Gasteiger partial charge on any atom is -0.182 e. The standard InChI is InChI=1S/C17H10BrClN4S/c18-13-6-3-5-12(10-13)16-20-21-17-23(16)22-15(24-17)9-8-11-4-1-2-7-14(11)19/h1-10H/b9-8+. The maximum absolute atomic E-state index is 6.17. The Morgan fingerprint density at radius 3 is 2.75 bits per heavy atom. The van der Waals surface area contributed by atoms with Crippen LogP contribution in [0.25, 0.3) is 28.5 Å². The minimum atomic E-state index is 0.714. The largest absolute Gasteiger partial charge is 0.235 e. The van der Waals surface area contributed by atoms with Crippen LogP contribution in [-0.4, -0.2) is 19.8 Å². The van der Waals surface area contributed by atoms with Crippen molar-refractivity contribution in [3.63, 3.8) is 0 Å². The number of hydrogen-bond donors (Lipinski definition) is 0. The highest BCUT2D eigenvalue weighted by Crippen LogP contribution is 2.25. The van der Waals surface area contributed by atoms with Crippen LogP contribution in [-0.2, 0) is 0 Å². The molecule has 0 unspecified atom stereocenters. The number of hydrogen-bond acceptors (Lipinski definition) is 4. The number of benzene rings is 2. The SMILES string of the molecule is Clc1ccccc1/C=C/c1nn2c(-c3cccc(Br)c3)nnc2s1. The maximum atomic E-state index is 6.17. The fraction of sp³-hybridized carbons (Fsp3) is 0. The highest BCUT2D eigenvalue weighted by Gasteiger charge is 2.12. The number of nitrogens with zero attached hydrogens (tertiary/aromatic N) is 4. The van der Waals surface area contributed by atoms with Gasteiger partial charge < -0.3 is 0 Å². The first-order chi connectivity index (χ1) is 11.7. The van der Waals surface area contributed by atoms with Crippen molar-refractivity contribution in [2.24, 2.45) is 0 Å². The van der Waals surface area contributed by atoms with Gasteiger partial charge in [-0.15, -0.1) is 10.2 Å². The van der Waals surface area contributed by atoms with Gasteiger partial charge in [0.05, 0.1) is 0 Å². The van der Waals surface area contributed by atoms with E-state index in [1.807, 2.05) is 60.7 Å². The van der Waals surface area contributed by atoms with E-state index in [0.29, 0.717) is 5.02 Å². The average Bonchev–Trinajstić information content (AvgIpc) is 3.14. The Morgan fingerprint density at radius 2 is 1.92 bits per heavy atom. The Balaban J connectivity index is 1.71. The van der Waals surface area contributed by atoms with Crippen molar-refractivity contribution in [1.29, 1.82) is 0 Å². The zero-order valence-electron chi connectivity index (χ0n) is 12.2. The molecule has 2 aromatic carbocycles. The van der Waals surface area contributed by atoms with Crippen LogP contribution in [0.1, 0.15) is 10.6 Å². The molecular weight excluding hydrogens is 408 g/mol. The first-order valence-corrected chi connectivity index (χ1v) is 9.10. The van der Waals surface area contributed by atoms with Gasteiger partial charge in [0.15, 0.2) is 5.82 Å². The van der Waals surface area contributed by atoms with Gasteiger partial charge in [-0.25, -0.2) is 0 Å². The summed E-state index contributed by atoms with van der Waals surface area (Å²) in [5.41, 5.74) is 1.92. The van der Waals surface area contributed by atoms with E-state index in [0.717, 1.165) is 31.4 Å². The third-order valence-electron chi connectivity index (χ3n) is 3.40. The van der Waals surface area contributed by atoms with Crippen LogP contribution < -0.4 is 0 Å². The Bertz CT molecular complexity index is 1050. The van der Waals surface area contributed by atoms with Crippen molar-refractivity contribution in [2.45, 2.75) is 0 Å². The highest BCUT2D eigenvalue weighted by atomic mass is 79.9. The summed E-state index contributed by atoms with van der Waals surface area (Å²) in [4.78, 5) is 0.754. The van der Waals surface area contributed by atoms with Gasteiger partial charge in [0.25, 0.3) is 0 Å². The van der Waals surface area contributed by atoms with E-state index in [9.17, 15) is 0 Å². The molecule has 0 saturated carbocycles. The second kappa shape index (κ2) is 6.47. The lowest BCUT2D eigenvalue weighted by molar-refractivity contribution is 0.959. The predicted octanol–water partition coefficient (Wildman–Crippen LogP) is 5.44. The van der Waals surface area contributed by atoms with Crippen LogP contribution in [0.3, 0.4) is 0 Å². The molecule has 2 heterocycles. The Morgan fingerprint density at radius 1 is 1.04 bits per heavy atom. The Kier molecular flexibility index (Phi) is 4.18.